The molecule has 2 heterocycles. The molecule has 9 heteroatoms. The van der Waals surface area contributed by atoms with Crippen LogP contribution in [0.2, 0.25) is 0 Å². The molecule has 0 radical (unpaired) electrons. The van der Waals surface area contributed by atoms with Gasteiger partial charge in [0.25, 0.3) is 11.8 Å². The first kappa shape index (κ1) is 14.4. The minimum absolute atomic E-state index is 0.0976. The highest BCUT2D eigenvalue weighted by Gasteiger charge is 2.20. The Hall–Kier alpha value is -2.03. The quantitative estimate of drug-likeness (QED) is 0.726. The number of urea groups is 1. The average Bonchev–Trinajstić information content (AvgIpc) is 2.85. The number of carbonyl (C=O) groups excluding carboxylic acids is 3. The number of hydrogen-bond acceptors (Lipinski definition) is 4. The van der Waals surface area contributed by atoms with E-state index in [1.54, 1.807) is 6.07 Å². The predicted molar refractivity (Wildman–Crippen MR) is 71.6 cm³/mol. The van der Waals surface area contributed by atoms with Crippen LogP contribution in [0.5, 0.6) is 0 Å². The molecule has 108 valence electrons. The maximum Gasteiger partial charge on any atom is 0.336 e. The lowest BCUT2D eigenvalue weighted by molar-refractivity contribution is -0.124. The van der Waals surface area contributed by atoms with Crippen molar-refractivity contribution in [2.45, 2.75) is 6.42 Å². The van der Waals surface area contributed by atoms with Gasteiger partial charge in [0, 0.05) is 13.1 Å². The molecule has 1 aliphatic rings. The zero-order valence-electron chi connectivity index (χ0n) is 10.4. The SMILES string of the molecule is O=C(CNC(=O)c1ccc(Br)o1)NN1CCCNC1=O. The van der Waals surface area contributed by atoms with E-state index in [-0.39, 0.29) is 18.3 Å². The van der Waals surface area contributed by atoms with Crippen molar-refractivity contribution in [2.24, 2.45) is 0 Å². The average molecular weight is 345 g/mol. The molecular weight excluding hydrogens is 332 g/mol. The second kappa shape index (κ2) is 6.42. The molecule has 1 aromatic heterocycles. The first-order chi connectivity index (χ1) is 9.56. The van der Waals surface area contributed by atoms with Crippen LogP contribution in [-0.2, 0) is 4.79 Å². The topological polar surface area (TPSA) is 104 Å². The Bertz CT molecular complexity index is 530. The zero-order valence-corrected chi connectivity index (χ0v) is 12.0. The molecule has 2 rings (SSSR count). The van der Waals surface area contributed by atoms with Crippen LogP contribution in [0, 0.1) is 0 Å². The monoisotopic (exact) mass is 344 g/mol. The molecule has 0 aromatic carbocycles. The number of hydrogen-bond donors (Lipinski definition) is 3. The standard InChI is InChI=1S/C11H13BrN4O4/c12-8-3-2-7(20-8)10(18)14-6-9(17)15-16-5-1-4-13-11(16)19/h2-3H,1,4-6H2,(H,13,19)(H,14,18)(H,15,17). The highest BCUT2D eigenvalue weighted by molar-refractivity contribution is 9.10. The summed E-state index contributed by atoms with van der Waals surface area (Å²) in [5.74, 6) is -0.893. The fourth-order valence-electron chi connectivity index (χ4n) is 1.61. The lowest BCUT2D eigenvalue weighted by Gasteiger charge is -2.27. The number of furan rings is 1. The van der Waals surface area contributed by atoms with Gasteiger partial charge in [-0.2, -0.15) is 0 Å². The summed E-state index contributed by atoms with van der Waals surface area (Å²) in [6.45, 7) is 0.785. The van der Waals surface area contributed by atoms with Crippen LogP contribution >= 0.6 is 15.9 Å². The fraction of sp³-hybridized carbons (Fsp3) is 0.364. The molecule has 0 aliphatic carbocycles. The van der Waals surface area contributed by atoms with Crippen LogP contribution < -0.4 is 16.1 Å². The molecule has 4 amide bonds. The summed E-state index contributed by atoms with van der Waals surface area (Å²) in [5.41, 5.74) is 2.41. The van der Waals surface area contributed by atoms with Crippen molar-refractivity contribution in [2.75, 3.05) is 19.6 Å². The van der Waals surface area contributed by atoms with Gasteiger partial charge in [-0.3, -0.25) is 15.0 Å². The van der Waals surface area contributed by atoms with Crippen LogP contribution in [0.1, 0.15) is 17.0 Å². The molecule has 1 aliphatic heterocycles. The normalized spacial score (nSPS) is 14.7. The van der Waals surface area contributed by atoms with Crippen molar-refractivity contribution >= 4 is 33.8 Å². The van der Waals surface area contributed by atoms with Gasteiger partial charge in [0.15, 0.2) is 10.4 Å². The molecular formula is C11H13BrN4O4. The van der Waals surface area contributed by atoms with Crippen LogP contribution in [0.3, 0.4) is 0 Å². The first-order valence-electron chi connectivity index (χ1n) is 5.94. The number of amides is 4. The molecule has 0 saturated carbocycles. The Morgan fingerprint density at radius 3 is 2.90 bits per heavy atom. The summed E-state index contributed by atoms with van der Waals surface area (Å²) >= 11 is 3.08. The Morgan fingerprint density at radius 1 is 1.45 bits per heavy atom. The summed E-state index contributed by atoms with van der Waals surface area (Å²) in [7, 11) is 0. The van der Waals surface area contributed by atoms with Crippen molar-refractivity contribution in [1.29, 1.82) is 0 Å². The fourth-order valence-corrected chi connectivity index (χ4v) is 1.92. The third-order valence-corrected chi connectivity index (χ3v) is 2.97. The minimum atomic E-state index is -0.506. The lowest BCUT2D eigenvalue weighted by atomic mass is 10.3. The van der Waals surface area contributed by atoms with Crippen LogP contribution in [0.25, 0.3) is 0 Å². The summed E-state index contributed by atoms with van der Waals surface area (Å²) in [6, 6.07) is 2.70. The van der Waals surface area contributed by atoms with Crippen molar-refractivity contribution in [1.82, 2.24) is 21.1 Å². The van der Waals surface area contributed by atoms with Gasteiger partial charge in [-0.25, -0.2) is 9.80 Å². The maximum absolute atomic E-state index is 11.6. The Balaban J connectivity index is 1.77. The van der Waals surface area contributed by atoms with Crippen molar-refractivity contribution in [3.63, 3.8) is 0 Å². The molecule has 0 spiro atoms. The molecule has 8 nitrogen and oxygen atoms in total. The third-order valence-electron chi connectivity index (χ3n) is 2.55. The molecule has 1 saturated heterocycles. The van der Waals surface area contributed by atoms with Gasteiger partial charge in [0.2, 0.25) is 0 Å². The van der Waals surface area contributed by atoms with Crippen molar-refractivity contribution in [3.8, 4) is 0 Å². The molecule has 1 fully saturated rings. The van der Waals surface area contributed by atoms with E-state index in [1.807, 2.05) is 0 Å². The number of rotatable bonds is 4. The Morgan fingerprint density at radius 2 is 2.25 bits per heavy atom. The molecule has 0 bridgehead atoms. The molecule has 1 aromatic rings. The van der Waals surface area contributed by atoms with Gasteiger partial charge in [-0.15, -0.1) is 0 Å². The van der Waals surface area contributed by atoms with Crippen LogP contribution in [0.15, 0.2) is 21.2 Å². The van der Waals surface area contributed by atoms with Crippen LogP contribution in [0.4, 0.5) is 4.79 Å². The number of carbonyl (C=O) groups is 3. The minimum Gasteiger partial charge on any atom is -0.444 e. The molecule has 3 N–H and O–H groups in total. The Kier molecular flexibility index (Phi) is 4.61. The van der Waals surface area contributed by atoms with E-state index in [4.69, 9.17) is 4.42 Å². The van der Waals surface area contributed by atoms with Gasteiger partial charge < -0.3 is 15.1 Å². The lowest BCUT2D eigenvalue weighted by Crippen LogP contribution is -2.56. The second-order valence-corrected chi connectivity index (χ2v) is 4.84. The van der Waals surface area contributed by atoms with Crippen molar-refractivity contribution < 1.29 is 18.8 Å². The van der Waals surface area contributed by atoms with E-state index in [1.165, 1.54) is 11.1 Å². The molecule has 0 unspecified atom stereocenters. The molecule has 20 heavy (non-hydrogen) atoms. The number of halogens is 1. The van der Waals surface area contributed by atoms with Gasteiger partial charge >= 0.3 is 6.03 Å². The third kappa shape index (κ3) is 3.73. The van der Waals surface area contributed by atoms with E-state index in [2.05, 4.69) is 32.0 Å². The summed E-state index contributed by atoms with van der Waals surface area (Å²) in [5, 5.41) is 6.17. The Labute approximate surface area is 123 Å². The number of hydrazine groups is 1. The predicted octanol–water partition coefficient (Wildman–Crippen LogP) is 0.218. The zero-order chi connectivity index (χ0) is 14.5. The van der Waals surface area contributed by atoms with E-state index < -0.39 is 11.8 Å². The van der Waals surface area contributed by atoms with Crippen molar-refractivity contribution in [3.05, 3.63) is 22.6 Å². The van der Waals surface area contributed by atoms with E-state index in [0.29, 0.717) is 17.8 Å². The number of nitrogens with one attached hydrogen (secondary N) is 3. The first-order valence-corrected chi connectivity index (χ1v) is 6.74. The summed E-state index contributed by atoms with van der Waals surface area (Å²) in [6.07, 6.45) is 0.749. The largest absolute Gasteiger partial charge is 0.444 e. The smallest absolute Gasteiger partial charge is 0.336 e. The maximum atomic E-state index is 11.6. The van der Waals surface area contributed by atoms with Gasteiger partial charge in [-0.05, 0) is 34.5 Å². The summed E-state index contributed by atoms with van der Waals surface area (Å²) in [4.78, 5) is 34.6. The second-order valence-electron chi connectivity index (χ2n) is 4.06. The van der Waals surface area contributed by atoms with Gasteiger partial charge in [-0.1, -0.05) is 0 Å². The highest BCUT2D eigenvalue weighted by Crippen LogP contribution is 2.13. The van der Waals surface area contributed by atoms with Crippen LogP contribution in [-0.4, -0.2) is 42.5 Å². The van der Waals surface area contributed by atoms with E-state index in [9.17, 15) is 14.4 Å². The number of nitrogens with zero attached hydrogens (tertiary/aromatic N) is 1. The van der Waals surface area contributed by atoms with E-state index >= 15 is 0 Å². The van der Waals surface area contributed by atoms with E-state index in [0.717, 1.165) is 6.42 Å². The van der Waals surface area contributed by atoms with Gasteiger partial charge in [0.05, 0.1) is 6.54 Å². The van der Waals surface area contributed by atoms with Gasteiger partial charge in [0.1, 0.15) is 0 Å². The molecule has 0 atom stereocenters. The highest BCUT2D eigenvalue weighted by atomic mass is 79.9. The summed E-state index contributed by atoms with van der Waals surface area (Å²) < 4.78 is 5.47.